The van der Waals surface area contributed by atoms with Gasteiger partial charge in [-0.15, -0.1) is 0 Å². The fraction of sp³-hybridized carbons (Fsp3) is 0.429. The molecule has 0 radical (unpaired) electrons. The van der Waals surface area contributed by atoms with Crippen molar-refractivity contribution < 1.29 is 14.0 Å². The van der Waals surface area contributed by atoms with E-state index in [-0.39, 0.29) is 17.5 Å². The van der Waals surface area contributed by atoms with Crippen LogP contribution in [-0.2, 0) is 4.79 Å². The molecule has 0 aliphatic carbocycles. The molecule has 1 aliphatic heterocycles. The number of carbonyl (C=O) groups is 2. The van der Waals surface area contributed by atoms with E-state index in [1.165, 1.54) is 12.1 Å². The first-order valence-corrected chi connectivity index (χ1v) is 6.98. The molecule has 0 bridgehead atoms. The van der Waals surface area contributed by atoms with E-state index in [0.29, 0.717) is 25.2 Å². The van der Waals surface area contributed by atoms with Gasteiger partial charge in [-0.3, -0.25) is 9.59 Å². The second-order valence-corrected chi connectivity index (χ2v) is 5.65. The number of hydrogen-bond donors (Lipinski definition) is 1. The molecule has 0 spiro atoms. The summed E-state index contributed by atoms with van der Waals surface area (Å²) >= 11 is 5.70. The Morgan fingerprint density at radius 3 is 2.67 bits per heavy atom. The minimum absolute atomic E-state index is 0.0979. The van der Waals surface area contributed by atoms with E-state index in [4.69, 9.17) is 17.3 Å². The van der Waals surface area contributed by atoms with Crippen LogP contribution in [0.5, 0.6) is 0 Å². The van der Waals surface area contributed by atoms with Crippen molar-refractivity contribution in [2.24, 2.45) is 11.7 Å². The van der Waals surface area contributed by atoms with Crippen molar-refractivity contribution in [3.63, 3.8) is 0 Å². The van der Waals surface area contributed by atoms with E-state index in [1.54, 1.807) is 4.90 Å². The molecule has 1 atom stereocenters. The number of benzene rings is 1. The minimum atomic E-state index is -0.571. The van der Waals surface area contributed by atoms with Crippen LogP contribution in [0.4, 0.5) is 4.39 Å². The zero-order valence-corrected chi connectivity index (χ0v) is 12.4. The first-order chi connectivity index (χ1) is 9.88. The van der Waals surface area contributed by atoms with Gasteiger partial charge in [0.05, 0.1) is 10.9 Å². The number of likely N-dealkylation sites (N-methyl/N-ethyl adjacent to an activating group) is 1. The third-order valence-corrected chi connectivity index (χ3v) is 3.87. The molecule has 1 saturated heterocycles. The van der Waals surface area contributed by atoms with Gasteiger partial charge in [0, 0.05) is 31.7 Å². The Bertz CT molecular complexity index is 567. The number of hydrogen-bond acceptors (Lipinski definition) is 3. The summed E-state index contributed by atoms with van der Waals surface area (Å²) in [5.74, 6) is -1.70. The number of primary amides is 1. The van der Waals surface area contributed by atoms with Crippen molar-refractivity contribution in [1.82, 2.24) is 9.80 Å². The Labute approximate surface area is 127 Å². The van der Waals surface area contributed by atoms with Gasteiger partial charge < -0.3 is 15.5 Å². The highest BCUT2D eigenvalue weighted by Crippen LogP contribution is 2.18. The maximum absolute atomic E-state index is 13.2. The van der Waals surface area contributed by atoms with Crippen LogP contribution in [0.3, 0.4) is 0 Å². The van der Waals surface area contributed by atoms with Crippen molar-refractivity contribution in [2.75, 3.05) is 33.2 Å². The summed E-state index contributed by atoms with van der Waals surface area (Å²) in [7, 11) is 1.87. The van der Waals surface area contributed by atoms with Gasteiger partial charge in [-0.2, -0.15) is 0 Å². The number of amides is 2. The first kappa shape index (κ1) is 15.7. The highest BCUT2D eigenvalue weighted by atomic mass is 35.5. The van der Waals surface area contributed by atoms with E-state index < -0.39 is 17.6 Å². The lowest BCUT2D eigenvalue weighted by atomic mass is 10.1. The maximum Gasteiger partial charge on any atom is 0.253 e. The minimum Gasteiger partial charge on any atom is -0.369 e. The summed E-state index contributed by atoms with van der Waals surface area (Å²) in [5.41, 5.74) is 5.67. The topological polar surface area (TPSA) is 66.6 Å². The Balaban J connectivity index is 2.20. The third kappa shape index (κ3) is 3.71. The van der Waals surface area contributed by atoms with Gasteiger partial charge >= 0.3 is 0 Å². The number of nitrogens with two attached hydrogens (primary N) is 1. The monoisotopic (exact) mass is 313 g/mol. The summed E-state index contributed by atoms with van der Waals surface area (Å²) in [6.07, 6.45) is 0. The molecule has 114 valence electrons. The lowest BCUT2D eigenvalue weighted by Gasteiger charge is -2.22. The predicted molar refractivity (Wildman–Crippen MR) is 77.5 cm³/mol. The molecule has 2 amide bonds. The molecule has 2 N–H and O–H groups in total. The molecule has 1 aromatic carbocycles. The highest BCUT2D eigenvalue weighted by Gasteiger charge is 2.28. The Kier molecular flexibility index (Phi) is 4.80. The van der Waals surface area contributed by atoms with Crippen LogP contribution in [-0.4, -0.2) is 54.8 Å². The van der Waals surface area contributed by atoms with Crippen LogP contribution >= 0.6 is 11.6 Å². The SMILES string of the molecule is CN1CCN(C(=O)c2ccc(F)c(Cl)c2)C[C@@H](C(N)=O)C1. The van der Waals surface area contributed by atoms with Gasteiger partial charge in [0.15, 0.2) is 0 Å². The zero-order valence-electron chi connectivity index (χ0n) is 11.7. The molecule has 0 aromatic heterocycles. The van der Waals surface area contributed by atoms with Crippen LogP contribution in [0.15, 0.2) is 18.2 Å². The standard InChI is InChI=1S/C14H17ClFN3O2/c1-18-4-5-19(8-10(7-18)13(17)20)14(21)9-2-3-12(16)11(15)6-9/h2-3,6,10H,4-5,7-8H2,1H3,(H2,17,20)/t10-/m0/s1. The largest absolute Gasteiger partial charge is 0.369 e. The molecular formula is C14H17ClFN3O2. The summed E-state index contributed by atoms with van der Waals surface area (Å²) < 4.78 is 13.2. The number of carbonyl (C=O) groups excluding carboxylic acids is 2. The number of nitrogens with zero attached hydrogens (tertiary/aromatic N) is 2. The fourth-order valence-corrected chi connectivity index (χ4v) is 2.53. The molecule has 1 aromatic rings. The second-order valence-electron chi connectivity index (χ2n) is 5.24. The molecule has 0 unspecified atom stereocenters. The fourth-order valence-electron chi connectivity index (χ4n) is 2.35. The van der Waals surface area contributed by atoms with Gasteiger partial charge in [0.25, 0.3) is 5.91 Å². The zero-order chi connectivity index (χ0) is 15.6. The van der Waals surface area contributed by atoms with Crippen LogP contribution < -0.4 is 5.73 Å². The molecule has 21 heavy (non-hydrogen) atoms. The molecule has 0 saturated carbocycles. The van der Waals surface area contributed by atoms with E-state index in [0.717, 1.165) is 6.07 Å². The quantitative estimate of drug-likeness (QED) is 0.884. The predicted octanol–water partition coefficient (Wildman–Crippen LogP) is 0.968. The van der Waals surface area contributed by atoms with E-state index in [1.807, 2.05) is 11.9 Å². The van der Waals surface area contributed by atoms with Crippen LogP contribution in [0.1, 0.15) is 10.4 Å². The summed E-state index contributed by atoms with van der Waals surface area (Å²) in [4.78, 5) is 27.4. The Morgan fingerprint density at radius 1 is 1.33 bits per heavy atom. The smallest absolute Gasteiger partial charge is 0.253 e. The number of halogens is 2. The van der Waals surface area contributed by atoms with Gasteiger partial charge in [-0.1, -0.05) is 11.6 Å². The molecular weight excluding hydrogens is 297 g/mol. The van der Waals surface area contributed by atoms with Crippen molar-refractivity contribution in [3.8, 4) is 0 Å². The Morgan fingerprint density at radius 2 is 2.05 bits per heavy atom. The molecule has 2 rings (SSSR count). The van der Waals surface area contributed by atoms with Gasteiger partial charge in [0.2, 0.25) is 5.91 Å². The molecule has 5 nitrogen and oxygen atoms in total. The summed E-state index contributed by atoms with van der Waals surface area (Å²) in [5, 5.41) is -0.0979. The molecule has 1 heterocycles. The van der Waals surface area contributed by atoms with Crippen molar-refractivity contribution in [3.05, 3.63) is 34.6 Å². The average Bonchev–Trinajstić information content (AvgIpc) is 2.63. The summed E-state index contributed by atoms with van der Waals surface area (Å²) in [6, 6.07) is 3.84. The van der Waals surface area contributed by atoms with Crippen molar-refractivity contribution in [2.45, 2.75) is 0 Å². The molecule has 1 fully saturated rings. The lowest BCUT2D eigenvalue weighted by molar-refractivity contribution is -0.122. The van der Waals surface area contributed by atoms with E-state index in [2.05, 4.69) is 0 Å². The van der Waals surface area contributed by atoms with Crippen molar-refractivity contribution >= 4 is 23.4 Å². The molecule has 1 aliphatic rings. The lowest BCUT2D eigenvalue weighted by Crippen LogP contribution is -2.40. The highest BCUT2D eigenvalue weighted by molar-refractivity contribution is 6.31. The van der Waals surface area contributed by atoms with Gasteiger partial charge in [-0.25, -0.2) is 4.39 Å². The van der Waals surface area contributed by atoms with Crippen molar-refractivity contribution in [1.29, 1.82) is 0 Å². The van der Waals surface area contributed by atoms with Crippen LogP contribution in [0.2, 0.25) is 5.02 Å². The average molecular weight is 314 g/mol. The van der Waals surface area contributed by atoms with Gasteiger partial charge in [-0.05, 0) is 25.2 Å². The first-order valence-electron chi connectivity index (χ1n) is 6.60. The van der Waals surface area contributed by atoms with E-state index in [9.17, 15) is 14.0 Å². The third-order valence-electron chi connectivity index (χ3n) is 3.58. The van der Waals surface area contributed by atoms with Crippen LogP contribution in [0, 0.1) is 11.7 Å². The summed E-state index contributed by atoms with van der Waals surface area (Å²) in [6.45, 7) is 1.90. The Hall–Kier alpha value is -1.66. The van der Waals surface area contributed by atoms with Gasteiger partial charge in [0.1, 0.15) is 5.82 Å². The number of rotatable bonds is 2. The second kappa shape index (κ2) is 6.41. The van der Waals surface area contributed by atoms with E-state index >= 15 is 0 Å². The molecule has 7 heteroatoms. The van der Waals surface area contributed by atoms with Crippen LogP contribution in [0.25, 0.3) is 0 Å². The normalized spacial score (nSPS) is 20.1. The maximum atomic E-state index is 13.2.